The quantitative estimate of drug-likeness (QED) is 0.835. The Labute approximate surface area is 110 Å². The Kier molecular flexibility index (Phi) is 4.76. The number of nitrogens with zero attached hydrogens (tertiary/aromatic N) is 1. The Bertz CT molecular complexity index is 510. The van der Waals surface area contributed by atoms with Gasteiger partial charge in [0, 0.05) is 18.8 Å². The molecule has 0 aliphatic heterocycles. The maximum absolute atomic E-state index is 12.5. The number of sulfonamides is 1. The van der Waals surface area contributed by atoms with Crippen LogP contribution in [0.4, 0.5) is 5.69 Å². The van der Waals surface area contributed by atoms with E-state index in [1.165, 1.54) is 4.31 Å². The van der Waals surface area contributed by atoms with Gasteiger partial charge < -0.3 is 5.73 Å². The number of hydrogen-bond donors (Lipinski definition) is 1. The number of anilines is 1. The van der Waals surface area contributed by atoms with E-state index in [1.807, 2.05) is 20.8 Å². The second-order valence-corrected chi connectivity index (χ2v) is 6.78. The van der Waals surface area contributed by atoms with Gasteiger partial charge in [0.1, 0.15) is 0 Å². The zero-order valence-electron chi connectivity index (χ0n) is 11.5. The van der Waals surface area contributed by atoms with Crippen LogP contribution < -0.4 is 5.73 Å². The number of hydrogen-bond acceptors (Lipinski definition) is 3. The molecule has 0 heterocycles. The Morgan fingerprint density at radius 3 is 2.39 bits per heavy atom. The van der Waals surface area contributed by atoms with Gasteiger partial charge in [-0.15, -0.1) is 0 Å². The molecule has 1 aromatic rings. The van der Waals surface area contributed by atoms with E-state index in [1.54, 1.807) is 25.1 Å². The molecule has 2 N–H and O–H groups in total. The number of nitrogens with two attached hydrogens (primary N) is 1. The van der Waals surface area contributed by atoms with Crippen molar-refractivity contribution in [2.24, 2.45) is 5.92 Å². The van der Waals surface area contributed by atoms with Gasteiger partial charge in [0.25, 0.3) is 0 Å². The van der Waals surface area contributed by atoms with E-state index in [0.29, 0.717) is 35.2 Å². The van der Waals surface area contributed by atoms with Gasteiger partial charge in [-0.3, -0.25) is 0 Å². The van der Waals surface area contributed by atoms with Crippen molar-refractivity contribution >= 4 is 15.7 Å². The molecule has 0 saturated heterocycles. The van der Waals surface area contributed by atoms with E-state index in [0.717, 1.165) is 0 Å². The number of aryl methyl sites for hydroxylation is 1. The molecule has 0 atom stereocenters. The molecule has 0 saturated carbocycles. The molecule has 0 amide bonds. The lowest BCUT2D eigenvalue weighted by Gasteiger charge is -2.23. The molecule has 0 unspecified atom stereocenters. The summed E-state index contributed by atoms with van der Waals surface area (Å²) in [5.74, 6) is 0.300. The molecule has 4 nitrogen and oxygen atoms in total. The first kappa shape index (κ1) is 15.0. The molecule has 102 valence electrons. The summed E-state index contributed by atoms with van der Waals surface area (Å²) in [6.45, 7) is 8.65. The highest BCUT2D eigenvalue weighted by molar-refractivity contribution is 7.89. The van der Waals surface area contributed by atoms with E-state index in [9.17, 15) is 8.42 Å². The van der Waals surface area contributed by atoms with E-state index >= 15 is 0 Å². The predicted molar refractivity (Wildman–Crippen MR) is 74.9 cm³/mol. The Morgan fingerprint density at radius 2 is 1.94 bits per heavy atom. The fourth-order valence-corrected chi connectivity index (χ4v) is 3.72. The van der Waals surface area contributed by atoms with Gasteiger partial charge in [0.05, 0.1) is 4.90 Å². The number of rotatable bonds is 5. The molecular formula is C13H22N2O2S. The molecule has 1 aromatic carbocycles. The summed E-state index contributed by atoms with van der Waals surface area (Å²) < 4.78 is 26.5. The van der Waals surface area contributed by atoms with Crippen LogP contribution >= 0.6 is 0 Å². The summed E-state index contributed by atoms with van der Waals surface area (Å²) in [5, 5.41) is 0. The fourth-order valence-electron chi connectivity index (χ4n) is 1.91. The van der Waals surface area contributed by atoms with Crippen LogP contribution in [-0.4, -0.2) is 25.8 Å². The first-order chi connectivity index (χ1) is 8.28. The van der Waals surface area contributed by atoms with Gasteiger partial charge >= 0.3 is 0 Å². The minimum Gasteiger partial charge on any atom is -0.399 e. The standard InChI is InChI=1S/C13H22N2O2S/c1-5-15(9-10(2)3)18(16,17)13-7-6-12(14)8-11(13)4/h6-8,10H,5,9,14H2,1-4H3. The Balaban J connectivity index is 3.19. The topological polar surface area (TPSA) is 63.4 Å². The zero-order valence-corrected chi connectivity index (χ0v) is 12.3. The second kappa shape index (κ2) is 5.71. The van der Waals surface area contributed by atoms with Crippen molar-refractivity contribution in [1.29, 1.82) is 0 Å². The summed E-state index contributed by atoms with van der Waals surface area (Å²) in [6, 6.07) is 4.90. The highest BCUT2D eigenvalue weighted by Gasteiger charge is 2.25. The van der Waals surface area contributed by atoms with E-state index in [4.69, 9.17) is 5.73 Å². The molecule has 5 heteroatoms. The molecular weight excluding hydrogens is 248 g/mol. The summed E-state index contributed by atoms with van der Waals surface area (Å²) in [6.07, 6.45) is 0. The third-order valence-corrected chi connectivity index (χ3v) is 4.84. The lowest BCUT2D eigenvalue weighted by atomic mass is 10.2. The Morgan fingerprint density at radius 1 is 1.33 bits per heavy atom. The number of benzene rings is 1. The summed E-state index contributed by atoms with van der Waals surface area (Å²) in [5.41, 5.74) is 6.93. The average Bonchev–Trinajstić information content (AvgIpc) is 2.24. The molecule has 18 heavy (non-hydrogen) atoms. The molecule has 0 aliphatic carbocycles. The van der Waals surface area contributed by atoms with Gasteiger partial charge in [-0.25, -0.2) is 8.42 Å². The van der Waals surface area contributed by atoms with E-state index in [2.05, 4.69) is 0 Å². The molecule has 0 aliphatic rings. The highest BCUT2D eigenvalue weighted by Crippen LogP contribution is 2.22. The largest absolute Gasteiger partial charge is 0.399 e. The zero-order chi connectivity index (χ0) is 13.9. The smallest absolute Gasteiger partial charge is 0.243 e. The van der Waals surface area contributed by atoms with Crippen LogP contribution in [0.1, 0.15) is 26.3 Å². The van der Waals surface area contributed by atoms with Gasteiger partial charge in [-0.1, -0.05) is 20.8 Å². The maximum Gasteiger partial charge on any atom is 0.243 e. The first-order valence-corrected chi connectivity index (χ1v) is 7.59. The molecule has 0 fully saturated rings. The lowest BCUT2D eigenvalue weighted by molar-refractivity contribution is 0.380. The van der Waals surface area contributed by atoms with E-state index < -0.39 is 10.0 Å². The molecule has 0 spiro atoms. The van der Waals surface area contributed by atoms with E-state index in [-0.39, 0.29) is 0 Å². The van der Waals surface area contributed by atoms with Crippen molar-refractivity contribution in [2.75, 3.05) is 18.8 Å². The summed E-state index contributed by atoms with van der Waals surface area (Å²) in [4.78, 5) is 0.346. The molecule has 1 rings (SSSR count). The number of nitrogen functional groups attached to an aromatic ring is 1. The van der Waals surface area contributed by atoms with Crippen molar-refractivity contribution in [2.45, 2.75) is 32.6 Å². The van der Waals surface area contributed by atoms with Crippen LogP contribution in [0.2, 0.25) is 0 Å². The lowest BCUT2D eigenvalue weighted by Crippen LogP contribution is -2.34. The second-order valence-electron chi connectivity index (χ2n) is 4.87. The molecule has 0 aromatic heterocycles. The summed E-state index contributed by atoms with van der Waals surface area (Å²) >= 11 is 0. The average molecular weight is 270 g/mol. The Hall–Kier alpha value is -1.07. The van der Waals surface area contributed by atoms with Crippen molar-refractivity contribution in [3.8, 4) is 0 Å². The normalized spacial score (nSPS) is 12.3. The van der Waals surface area contributed by atoms with Crippen molar-refractivity contribution < 1.29 is 8.42 Å². The third-order valence-electron chi connectivity index (χ3n) is 2.74. The molecule has 0 radical (unpaired) electrons. The minimum absolute atomic E-state index is 0.300. The van der Waals surface area contributed by atoms with Crippen LogP contribution in [0.25, 0.3) is 0 Å². The van der Waals surface area contributed by atoms with Crippen molar-refractivity contribution in [3.63, 3.8) is 0 Å². The monoisotopic (exact) mass is 270 g/mol. The van der Waals surface area contributed by atoms with Crippen LogP contribution in [0.3, 0.4) is 0 Å². The van der Waals surface area contributed by atoms with Gasteiger partial charge in [-0.2, -0.15) is 4.31 Å². The predicted octanol–water partition coefficient (Wildman–Crippen LogP) is 2.24. The molecule has 0 bridgehead atoms. The summed E-state index contributed by atoms with van der Waals surface area (Å²) in [7, 11) is -3.42. The third kappa shape index (κ3) is 3.23. The highest BCUT2D eigenvalue weighted by atomic mass is 32.2. The first-order valence-electron chi connectivity index (χ1n) is 6.15. The van der Waals surface area contributed by atoms with Crippen molar-refractivity contribution in [1.82, 2.24) is 4.31 Å². The van der Waals surface area contributed by atoms with Gasteiger partial charge in [-0.05, 0) is 36.6 Å². The van der Waals surface area contributed by atoms with Crippen LogP contribution in [0.5, 0.6) is 0 Å². The SMILES string of the molecule is CCN(CC(C)C)S(=O)(=O)c1ccc(N)cc1C. The van der Waals surface area contributed by atoms with Crippen LogP contribution in [0, 0.1) is 12.8 Å². The van der Waals surface area contributed by atoms with Crippen LogP contribution in [-0.2, 0) is 10.0 Å². The van der Waals surface area contributed by atoms with Crippen molar-refractivity contribution in [3.05, 3.63) is 23.8 Å². The van der Waals surface area contributed by atoms with Gasteiger partial charge in [0.15, 0.2) is 0 Å². The minimum atomic E-state index is -3.42. The maximum atomic E-state index is 12.5. The van der Waals surface area contributed by atoms with Crippen LogP contribution in [0.15, 0.2) is 23.1 Å². The fraction of sp³-hybridized carbons (Fsp3) is 0.538. The van der Waals surface area contributed by atoms with Gasteiger partial charge in [0.2, 0.25) is 10.0 Å².